The van der Waals surface area contributed by atoms with Gasteiger partial charge in [0.25, 0.3) is 0 Å². The van der Waals surface area contributed by atoms with E-state index < -0.39 is 25.1 Å². The molecule has 0 rings (SSSR count). The summed E-state index contributed by atoms with van der Waals surface area (Å²) in [7, 11) is 0. The molecule has 0 heterocycles. The van der Waals surface area contributed by atoms with Gasteiger partial charge in [-0.1, -0.05) is 0 Å². The van der Waals surface area contributed by atoms with Crippen molar-refractivity contribution in [1.29, 1.82) is 0 Å². The molecule has 0 aromatic heterocycles. The second-order valence-electron chi connectivity index (χ2n) is 0.938. The number of esters is 1. The van der Waals surface area contributed by atoms with Crippen LogP contribution >= 0.6 is 0 Å². The molecule has 1 N–H and O–H groups in total. The summed E-state index contributed by atoms with van der Waals surface area (Å²) in [6.45, 7) is -3.48. The van der Waals surface area contributed by atoms with E-state index in [9.17, 15) is 4.79 Å². The van der Waals surface area contributed by atoms with E-state index in [0.29, 0.717) is 0 Å². The summed E-state index contributed by atoms with van der Waals surface area (Å²) in [4.78, 5) is 10.5. The lowest BCUT2D eigenvalue weighted by atomic mass is 10.6. The van der Waals surface area contributed by atoms with Crippen molar-refractivity contribution in [3.8, 4) is 0 Å². The second kappa shape index (κ2) is 3.07. The molecule has 0 aliphatic carbocycles. The molecular weight excluding hydrogens is 108 g/mol. The van der Waals surface area contributed by atoms with Crippen LogP contribution < -0.4 is 0 Å². The van der Waals surface area contributed by atoms with Crippen molar-refractivity contribution in [1.82, 2.24) is 0 Å². The van der Waals surface area contributed by atoms with Crippen LogP contribution in [0.4, 0.5) is 0 Å². The van der Waals surface area contributed by atoms with Gasteiger partial charge in [0.2, 0.25) is 0 Å². The van der Waals surface area contributed by atoms with Gasteiger partial charge >= 0.3 is 5.97 Å². The van der Waals surface area contributed by atoms with E-state index in [1.807, 2.05) is 0 Å². The zero-order chi connectivity index (χ0) is 10.9. The molecule has 0 spiro atoms. The minimum absolute atomic E-state index is 1.05. The van der Waals surface area contributed by atoms with E-state index in [1.54, 1.807) is 0 Å². The smallest absolute Gasteiger partial charge is 0.372 e. The first-order chi connectivity index (χ1) is 5.58. The van der Waals surface area contributed by atoms with Gasteiger partial charge in [-0.15, -0.1) is 0 Å². The van der Waals surface area contributed by atoms with Crippen LogP contribution in [0, 0.1) is 0 Å². The molecule has 0 aromatic rings. The number of aliphatic hydroxyl groups excluding tert-OH is 1. The minimum Gasteiger partial charge on any atom is -0.502 e. The average Bonchev–Trinajstić information content (AvgIpc) is 1.83. The van der Waals surface area contributed by atoms with Crippen LogP contribution in [0.1, 0.15) is 13.7 Å². The molecule has 0 amide bonds. The number of carbonyl (C=O) groups excluding carboxylic acids is 1. The number of carbonyl (C=O) groups is 1. The highest BCUT2D eigenvalue weighted by Crippen LogP contribution is 1.85. The van der Waals surface area contributed by atoms with Gasteiger partial charge in [0.05, 0.1) is 9.30 Å². The maximum absolute atomic E-state index is 10.5. The van der Waals surface area contributed by atoms with E-state index in [4.69, 9.17) is 12.0 Å². The Balaban J connectivity index is 4.53. The van der Waals surface area contributed by atoms with Gasteiger partial charge in [0.15, 0.2) is 5.76 Å². The molecular formula is C5H8O3. The lowest BCUT2D eigenvalue weighted by Gasteiger charge is -1.95. The molecule has 0 saturated heterocycles. The zero-order valence-corrected chi connectivity index (χ0v) is 3.97. The third kappa shape index (κ3) is 2.23. The van der Waals surface area contributed by atoms with Gasteiger partial charge in [-0.3, -0.25) is 0 Å². The third-order valence-corrected chi connectivity index (χ3v) is 0.379. The molecule has 8 heavy (non-hydrogen) atoms. The summed E-state index contributed by atoms with van der Waals surface area (Å²) in [5, 5.41) is 8.43. The van der Waals surface area contributed by atoms with E-state index in [1.165, 1.54) is 0 Å². The van der Waals surface area contributed by atoms with Gasteiger partial charge in [-0.25, -0.2) is 4.79 Å². The molecule has 0 aliphatic heterocycles. The van der Waals surface area contributed by atoms with E-state index in [2.05, 4.69) is 11.3 Å². The second-order valence-corrected chi connectivity index (χ2v) is 0.938. The SMILES string of the molecule is [2H]C([2H])([2H])C([2H])([2H])OC(=O)C(=C)O. The Kier molecular flexibility index (Phi) is 0.802. The fourth-order valence-electron chi connectivity index (χ4n) is 0.105. The molecule has 0 atom stereocenters. The molecule has 0 saturated carbocycles. The highest BCUT2D eigenvalue weighted by Gasteiger charge is 2.01. The van der Waals surface area contributed by atoms with Crippen LogP contribution in [0.2, 0.25) is 0 Å². The summed E-state index contributed by atoms with van der Waals surface area (Å²) in [5.41, 5.74) is 0. The summed E-state index contributed by atoms with van der Waals surface area (Å²) in [6.07, 6.45) is 0. The minimum atomic E-state index is -3.13. The van der Waals surface area contributed by atoms with Crippen molar-refractivity contribution >= 4 is 5.97 Å². The van der Waals surface area contributed by atoms with Crippen LogP contribution in [0.5, 0.6) is 0 Å². The van der Waals surface area contributed by atoms with Crippen molar-refractivity contribution in [3.05, 3.63) is 12.3 Å². The van der Waals surface area contributed by atoms with Crippen LogP contribution in [-0.2, 0) is 9.53 Å². The number of aliphatic hydroxyl groups is 1. The molecule has 3 nitrogen and oxygen atoms in total. The van der Waals surface area contributed by atoms with Crippen molar-refractivity contribution in [2.75, 3.05) is 6.56 Å². The topological polar surface area (TPSA) is 46.5 Å². The first kappa shape index (κ1) is 2.09. The normalized spacial score (nSPS) is 20.8. The lowest BCUT2D eigenvalue weighted by molar-refractivity contribution is -0.141. The van der Waals surface area contributed by atoms with Crippen molar-refractivity contribution in [2.45, 2.75) is 6.85 Å². The maximum Gasteiger partial charge on any atom is 0.372 e. The average molecular weight is 121 g/mol. The van der Waals surface area contributed by atoms with E-state index in [-0.39, 0.29) is 0 Å². The zero-order valence-electron chi connectivity index (χ0n) is 8.97. The van der Waals surface area contributed by atoms with Gasteiger partial charge in [-0.2, -0.15) is 0 Å². The molecule has 0 unspecified atom stereocenters. The Morgan fingerprint density at radius 3 is 3.25 bits per heavy atom. The summed E-state index contributed by atoms with van der Waals surface area (Å²) in [6, 6.07) is 0. The lowest BCUT2D eigenvalue weighted by Crippen LogP contribution is -2.05. The Bertz CT molecular complexity index is 231. The highest BCUT2D eigenvalue weighted by molar-refractivity contribution is 5.84. The summed E-state index contributed by atoms with van der Waals surface area (Å²) < 4.78 is 37.4. The monoisotopic (exact) mass is 121 g/mol. The Hall–Kier alpha value is -0.990. The van der Waals surface area contributed by atoms with Crippen molar-refractivity contribution in [2.24, 2.45) is 0 Å². The van der Waals surface area contributed by atoms with Crippen LogP contribution in [-0.4, -0.2) is 17.6 Å². The standard InChI is InChI=1S/C5H8O3/c1-3-8-5(7)4(2)6/h6H,2-3H2,1H3/i1D3,3D2. The molecule has 0 fully saturated rings. The van der Waals surface area contributed by atoms with Crippen LogP contribution in [0.25, 0.3) is 0 Å². The van der Waals surface area contributed by atoms with E-state index >= 15 is 0 Å². The predicted molar refractivity (Wildman–Crippen MR) is 28.4 cm³/mol. The Labute approximate surface area is 54.6 Å². The highest BCUT2D eigenvalue weighted by atomic mass is 16.5. The van der Waals surface area contributed by atoms with Crippen LogP contribution in [0.3, 0.4) is 0 Å². The molecule has 0 radical (unpaired) electrons. The number of hydrogen-bond donors (Lipinski definition) is 1. The first-order valence-corrected chi connectivity index (χ1v) is 1.69. The summed E-state index contributed by atoms with van der Waals surface area (Å²) in [5.74, 6) is -2.55. The van der Waals surface area contributed by atoms with Gasteiger partial charge in [0, 0.05) is 4.11 Å². The number of rotatable bonds is 2. The van der Waals surface area contributed by atoms with Crippen LogP contribution in [0.15, 0.2) is 12.3 Å². The fraction of sp³-hybridized carbons (Fsp3) is 0.400. The molecule has 0 bridgehead atoms. The van der Waals surface area contributed by atoms with Gasteiger partial charge in [0.1, 0.15) is 0 Å². The quantitative estimate of drug-likeness (QED) is 0.331. The summed E-state index contributed by atoms with van der Waals surface area (Å²) >= 11 is 0. The maximum atomic E-state index is 10.5. The third-order valence-electron chi connectivity index (χ3n) is 0.379. The Morgan fingerprint density at radius 2 is 2.88 bits per heavy atom. The molecule has 0 aromatic carbocycles. The molecule has 0 aliphatic rings. The van der Waals surface area contributed by atoms with Crippen molar-refractivity contribution in [3.63, 3.8) is 0 Å². The van der Waals surface area contributed by atoms with Gasteiger partial charge < -0.3 is 9.84 Å². The van der Waals surface area contributed by atoms with Gasteiger partial charge in [-0.05, 0) is 13.4 Å². The predicted octanol–water partition coefficient (Wildman–Crippen LogP) is 0.621. The first-order valence-electron chi connectivity index (χ1n) is 4.19. The molecule has 3 heteroatoms. The fourth-order valence-corrected chi connectivity index (χ4v) is 0.105. The number of hydrogen-bond acceptors (Lipinski definition) is 3. The Morgan fingerprint density at radius 1 is 2.25 bits per heavy atom. The largest absolute Gasteiger partial charge is 0.502 e. The van der Waals surface area contributed by atoms with Crippen molar-refractivity contribution < 1.29 is 21.5 Å². The molecule has 46 valence electrons. The van der Waals surface area contributed by atoms with E-state index in [0.717, 1.165) is 0 Å². The number of ether oxygens (including phenoxy) is 1.